The van der Waals surface area contributed by atoms with Gasteiger partial charge in [-0.05, 0) is 43.2 Å². The summed E-state index contributed by atoms with van der Waals surface area (Å²) in [4.78, 5) is 0. The van der Waals surface area contributed by atoms with Gasteiger partial charge in [-0.25, -0.2) is 0 Å². The molecule has 3 nitrogen and oxygen atoms in total. The second-order valence-corrected chi connectivity index (χ2v) is 4.35. The number of hydrogen-bond acceptors (Lipinski definition) is 3. The molecule has 1 aromatic carbocycles. The maximum atomic E-state index is 9.72. The summed E-state index contributed by atoms with van der Waals surface area (Å²) in [5.41, 5.74) is 6.78. The summed E-state index contributed by atoms with van der Waals surface area (Å²) in [6.45, 7) is 0. The average molecular weight is 207 g/mol. The minimum atomic E-state index is 0.115. The Balaban J connectivity index is 2.15. The van der Waals surface area contributed by atoms with E-state index in [0.29, 0.717) is 12.0 Å². The summed E-state index contributed by atoms with van der Waals surface area (Å²) in [5.74, 6) is 0.713. The van der Waals surface area contributed by atoms with Gasteiger partial charge in [-0.3, -0.25) is 0 Å². The van der Waals surface area contributed by atoms with Gasteiger partial charge < -0.3 is 15.9 Å². The molecule has 0 atom stereocenters. The normalized spacial score (nSPS) is 26.5. The van der Waals surface area contributed by atoms with Gasteiger partial charge in [-0.15, -0.1) is 0 Å². The molecule has 1 saturated carbocycles. The highest BCUT2D eigenvalue weighted by atomic mass is 16.3. The SMILES string of the molecule is NC1CCC(c2ccc(O)cc2O)CC1. The molecule has 1 aliphatic carbocycles. The van der Waals surface area contributed by atoms with Crippen LogP contribution in [0.3, 0.4) is 0 Å². The number of benzene rings is 1. The zero-order chi connectivity index (χ0) is 10.8. The van der Waals surface area contributed by atoms with Crippen molar-refractivity contribution in [2.45, 2.75) is 37.6 Å². The molecule has 2 rings (SSSR count). The number of rotatable bonds is 1. The predicted octanol–water partition coefficient (Wildman–Crippen LogP) is 2.08. The summed E-state index contributed by atoms with van der Waals surface area (Å²) in [6, 6.07) is 5.17. The van der Waals surface area contributed by atoms with Crippen molar-refractivity contribution >= 4 is 0 Å². The van der Waals surface area contributed by atoms with Crippen LogP contribution in [0.1, 0.15) is 37.2 Å². The van der Waals surface area contributed by atoms with E-state index in [1.54, 1.807) is 6.07 Å². The third kappa shape index (κ3) is 2.23. The lowest BCUT2D eigenvalue weighted by molar-refractivity contribution is 0.379. The largest absolute Gasteiger partial charge is 0.508 e. The van der Waals surface area contributed by atoms with Crippen molar-refractivity contribution in [3.05, 3.63) is 23.8 Å². The van der Waals surface area contributed by atoms with E-state index in [1.807, 2.05) is 6.07 Å². The molecule has 0 unspecified atom stereocenters. The van der Waals surface area contributed by atoms with E-state index in [9.17, 15) is 10.2 Å². The Bertz CT molecular complexity index is 343. The molecule has 0 aliphatic heterocycles. The molecule has 82 valence electrons. The van der Waals surface area contributed by atoms with Crippen LogP contribution in [0.4, 0.5) is 0 Å². The maximum absolute atomic E-state index is 9.72. The first-order valence-electron chi connectivity index (χ1n) is 5.44. The third-order valence-corrected chi connectivity index (χ3v) is 3.23. The van der Waals surface area contributed by atoms with Crippen molar-refractivity contribution in [1.29, 1.82) is 0 Å². The molecule has 0 aromatic heterocycles. The molecule has 1 aromatic rings. The van der Waals surface area contributed by atoms with Crippen LogP contribution in [0.15, 0.2) is 18.2 Å². The van der Waals surface area contributed by atoms with Gasteiger partial charge in [-0.2, -0.15) is 0 Å². The van der Waals surface area contributed by atoms with Crippen LogP contribution in [0.2, 0.25) is 0 Å². The highest BCUT2D eigenvalue weighted by Crippen LogP contribution is 2.37. The van der Waals surface area contributed by atoms with Crippen LogP contribution in [-0.2, 0) is 0 Å². The lowest BCUT2D eigenvalue weighted by Gasteiger charge is -2.26. The third-order valence-electron chi connectivity index (χ3n) is 3.23. The molecule has 15 heavy (non-hydrogen) atoms. The molecular weight excluding hydrogens is 190 g/mol. The van der Waals surface area contributed by atoms with Crippen molar-refractivity contribution in [3.63, 3.8) is 0 Å². The minimum absolute atomic E-state index is 0.115. The Morgan fingerprint density at radius 3 is 2.33 bits per heavy atom. The van der Waals surface area contributed by atoms with Gasteiger partial charge >= 0.3 is 0 Å². The average Bonchev–Trinajstić information content (AvgIpc) is 2.20. The first kappa shape index (κ1) is 10.3. The van der Waals surface area contributed by atoms with Crippen molar-refractivity contribution in [1.82, 2.24) is 0 Å². The lowest BCUT2D eigenvalue weighted by atomic mass is 9.82. The van der Waals surface area contributed by atoms with Gasteiger partial charge in [0.1, 0.15) is 11.5 Å². The monoisotopic (exact) mass is 207 g/mol. The quantitative estimate of drug-likeness (QED) is 0.660. The fourth-order valence-electron chi connectivity index (χ4n) is 2.31. The summed E-state index contributed by atoms with van der Waals surface area (Å²) >= 11 is 0. The van der Waals surface area contributed by atoms with Crippen LogP contribution in [0.5, 0.6) is 11.5 Å². The van der Waals surface area contributed by atoms with Crippen LogP contribution >= 0.6 is 0 Å². The molecule has 0 saturated heterocycles. The smallest absolute Gasteiger partial charge is 0.122 e. The number of phenolic OH excluding ortho intramolecular Hbond substituents is 2. The van der Waals surface area contributed by atoms with E-state index >= 15 is 0 Å². The molecule has 0 heterocycles. The topological polar surface area (TPSA) is 66.5 Å². The standard InChI is InChI=1S/C12H17NO2/c13-9-3-1-8(2-4-9)11-6-5-10(14)7-12(11)15/h5-9,14-15H,1-4,13H2. The molecule has 1 aliphatic rings. The number of phenols is 2. The Morgan fingerprint density at radius 2 is 1.73 bits per heavy atom. The van der Waals surface area contributed by atoms with Crippen LogP contribution in [0, 0.1) is 0 Å². The number of hydrogen-bond donors (Lipinski definition) is 3. The summed E-state index contributed by atoms with van der Waals surface area (Å²) in [7, 11) is 0. The highest BCUT2D eigenvalue weighted by molar-refractivity contribution is 5.41. The summed E-state index contributed by atoms with van der Waals surface area (Å²) in [5, 5.41) is 18.9. The fourth-order valence-corrected chi connectivity index (χ4v) is 2.31. The predicted molar refractivity (Wildman–Crippen MR) is 59.0 cm³/mol. The van der Waals surface area contributed by atoms with Crippen LogP contribution in [-0.4, -0.2) is 16.3 Å². The van der Waals surface area contributed by atoms with E-state index in [0.717, 1.165) is 31.2 Å². The van der Waals surface area contributed by atoms with Gasteiger partial charge in [-0.1, -0.05) is 6.07 Å². The fraction of sp³-hybridized carbons (Fsp3) is 0.500. The van der Waals surface area contributed by atoms with Gasteiger partial charge in [0, 0.05) is 12.1 Å². The van der Waals surface area contributed by atoms with Crippen molar-refractivity contribution in [2.75, 3.05) is 0 Å². The first-order valence-corrected chi connectivity index (χ1v) is 5.44. The van der Waals surface area contributed by atoms with E-state index in [1.165, 1.54) is 6.07 Å². The summed E-state index contributed by atoms with van der Waals surface area (Å²) in [6.07, 6.45) is 4.09. The maximum Gasteiger partial charge on any atom is 0.122 e. The van der Waals surface area contributed by atoms with E-state index in [-0.39, 0.29) is 11.5 Å². The van der Waals surface area contributed by atoms with Crippen molar-refractivity contribution in [2.24, 2.45) is 5.73 Å². The second-order valence-electron chi connectivity index (χ2n) is 4.35. The van der Waals surface area contributed by atoms with Crippen molar-refractivity contribution in [3.8, 4) is 11.5 Å². The Labute approximate surface area is 89.5 Å². The van der Waals surface area contributed by atoms with Gasteiger partial charge in [0.25, 0.3) is 0 Å². The number of aromatic hydroxyl groups is 2. The zero-order valence-corrected chi connectivity index (χ0v) is 8.69. The molecule has 0 spiro atoms. The van der Waals surface area contributed by atoms with Crippen LogP contribution in [0.25, 0.3) is 0 Å². The van der Waals surface area contributed by atoms with Crippen molar-refractivity contribution < 1.29 is 10.2 Å². The number of nitrogens with two attached hydrogens (primary N) is 1. The van der Waals surface area contributed by atoms with Gasteiger partial charge in [0.05, 0.1) is 0 Å². The Kier molecular flexibility index (Phi) is 2.82. The minimum Gasteiger partial charge on any atom is -0.508 e. The van der Waals surface area contributed by atoms with E-state index in [4.69, 9.17) is 5.73 Å². The molecule has 0 radical (unpaired) electrons. The second kappa shape index (κ2) is 4.11. The molecular formula is C12H17NO2. The van der Waals surface area contributed by atoms with E-state index < -0.39 is 0 Å². The molecule has 0 amide bonds. The molecule has 0 bridgehead atoms. The van der Waals surface area contributed by atoms with E-state index in [2.05, 4.69) is 0 Å². The van der Waals surface area contributed by atoms with Crippen LogP contribution < -0.4 is 5.73 Å². The molecule has 4 N–H and O–H groups in total. The Morgan fingerprint density at radius 1 is 1.07 bits per heavy atom. The first-order chi connectivity index (χ1) is 7.16. The lowest BCUT2D eigenvalue weighted by Crippen LogP contribution is -2.25. The molecule has 3 heteroatoms. The zero-order valence-electron chi connectivity index (χ0n) is 8.69. The molecule has 1 fully saturated rings. The van der Waals surface area contributed by atoms with Gasteiger partial charge in [0.15, 0.2) is 0 Å². The summed E-state index contributed by atoms with van der Waals surface area (Å²) < 4.78 is 0. The Hall–Kier alpha value is -1.22. The van der Waals surface area contributed by atoms with Gasteiger partial charge in [0.2, 0.25) is 0 Å². The highest BCUT2D eigenvalue weighted by Gasteiger charge is 2.22.